The van der Waals surface area contributed by atoms with E-state index in [4.69, 9.17) is 0 Å². The summed E-state index contributed by atoms with van der Waals surface area (Å²) in [7, 11) is -1.43. The van der Waals surface area contributed by atoms with Crippen LogP contribution in [0.25, 0.3) is 0 Å². The molecule has 2 heterocycles. The molecule has 0 spiro atoms. The molecule has 0 unspecified atom stereocenters. The fraction of sp³-hybridized carbons (Fsp3) is 0.381. The van der Waals surface area contributed by atoms with Gasteiger partial charge in [-0.05, 0) is 24.3 Å². The van der Waals surface area contributed by atoms with Crippen molar-refractivity contribution in [3.63, 3.8) is 0 Å². The van der Waals surface area contributed by atoms with E-state index in [1.54, 1.807) is 23.2 Å². The molecule has 2 aromatic rings. The highest BCUT2D eigenvalue weighted by molar-refractivity contribution is 6.83. The van der Waals surface area contributed by atoms with Gasteiger partial charge in [0, 0.05) is 43.6 Å². The highest BCUT2D eigenvalue weighted by Gasteiger charge is 2.35. The molecule has 0 N–H and O–H groups in total. The van der Waals surface area contributed by atoms with Crippen molar-refractivity contribution in [1.29, 1.82) is 0 Å². The Labute approximate surface area is 165 Å². The van der Waals surface area contributed by atoms with E-state index in [0.29, 0.717) is 26.2 Å². The summed E-state index contributed by atoms with van der Waals surface area (Å²) < 4.78 is 39.8. The molecular formula is C21H24F3N3Si. The second-order valence-corrected chi connectivity index (χ2v) is 12.6. The summed E-state index contributed by atoms with van der Waals surface area (Å²) in [5.74, 6) is 4.02. The van der Waals surface area contributed by atoms with Crippen LogP contribution in [0.2, 0.25) is 19.6 Å². The van der Waals surface area contributed by atoms with Crippen LogP contribution < -0.4 is 9.80 Å². The van der Waals surface area contributed by atoms with Crippen LogP contribution >= 0.6 is 0 Å². The maximum absolute atomic E-state index is 13.3. The standard InChI is InChI=1S/C21H24F3N3Si/c1-28(2,3)15-10-17-8-9-20(25-16-17)27-13-11-26(12-14-27)19-7-5-4-6-18(19)21(22,23)24/h4-9,16H,11-14H2,1-3H3. The number of benzene rings is 1. The molecule has 1 aliphatic rings. The number of para-hydroxylation sites is 1. The van der Waals surface area contributed by atoms with E-state index in [9.17, 15) is 13.2 Å². The summed E-state index contributed by atoms with van der Waals surface area (Å²) in [6.07, 6.45) is -2.57. The third-order valence-corrected chi connectivity index (χ3v) is 5.36. The molecule has 1 aliphatic heterocycles. The van der Waals surface area contributed by atoms with E-state index in [1.165, 1.54) is 6.07 Å². The van der Waals surface area contributed by atoms with Gasteiger partial charge in [0.05, 0.1) is 5.56 Å². The minimum Gasteiger partial charge on any atom is -0.367 e. The molecule has 7 heteroatoms. The van der Waals surface area contributed by atoms with Crippen LogP contribution in [0.1, 0.15) is 11.1 Å². The maximum atomic E-state index is 13.3. The number of halogens is 3. The van der Waals surface area contributed by atoms with E-state index in [-0.39, 0.29) is 5.69 Å². The number of rotatable bonds is 2. The zero-order valence-corrected chi connectivity index (χ0v) is 17.3. The SMILES string of the molecule is C[Si](C)(C)C#Cc1ccc(N2CCN(c3ccccc3C(F)(F)F)CC2)nc1. The summed E-state index contributed by atoms with van der Waals surface area (Å²) in [5, 5.41) is 0. The van der Waals surface area contributed by atoms with Gasteiger partial charge in [0.25, 0.3) is 0 Å². The molecule has 3 rings (SSSR count). The molecule has 28 heavy (non-hydrogen) atoms. The van der Waals surface area contributed by atoms with Crippen molar-refractivity contribution in [2.75, 3.05) is 36.0 Å². The van der Waals surface area contributed by atoms with Gasteiger partial charge in [-0.25, -0.2) is 4.98 Å². The fourth-order valence-corrected chi connectivity index (χ4v) is 3.59. The Morgan fingerprint density at radius 3 is 2.14 bits per heavy atom. The van der Waals surface area contributed by atoms with Gasteiger partial charge in [-0.1, -0.05) is 37.7 Å². The average Bonchev–Trinajstić information content (AvgIpc) is 2.66. The van der Waals surface area contributed by atoms with E-state index in [1.807, 2.05) is 12.1 Å². The quantitative estimate of drug-likeness (QED) is 0.537. The molecule has 0 saturated carbocycles. The van der Waals surface area contributed by atoms with Crippen LogP contribution in [-0.4, -0.2) is 39.2 Å². The predicted octanol–water partition coefficient (Wildman–Crippen LogP) is 4.66. The molecule has 1 aromatic carbocycles. The summed E-state index contributed by atoms with van der Waals surface area (Å²) in [6.45, 7) is 8.87. The molecule has 0 atom stereocenters. The van der Waals surface area contributed by atoms with Gasteiger partial charge in [0.2, 0.25) is 0 Å². The minimum absolute atomic E-state index is 0.250. The van der Waals surface area contributed by atoms with Crippen molar-refractivity contribution in [3.05, 3.63) is 53.7 Å². The first kappa shape index (κ1) is 20.3. The predicted molar refractivity (Wildman–Crippen MR) is 110 cm³/mol. The lowest BCUT2D eigenvalue weighted by molar-refractivity contribution is -0.137. The van der Waals surface area contributed by atoms with Gasteiger partial charge in [-0.2, -0.15) is 13.2 Å². The van der Waals surface area contributed by atoms with E-state index < -0.39 is 19.8 Å². The fourth-order valence-electron chi connectivity index (χ4n) is 3.07. The zero-order valence-electron chi connectivity index (χ0n) is 16.3. The van der Waals surface area contributed by atoms with Crippen molar-refractivity contribution >= 4 is 19.6 Å². The first-order valence-corrected chi connectivity index (χ1v) is 12.8. The number of aromatic nitrogens is 1. The van der Waals surface area contributed by atoms with Crippen LogP contribution in [0.4, 0.5) is 24.7 Å². The number of piperazine rings is 1. The number of hydrogen-bond donors (Lipinski definition) is 0. The molecular weight excluding hydrogens is 379 g/mol. The molecule has 1 saturated heterocycles. The lowest BCUT2D eigenvalue weighted by Gasteiger charge is -2.37. The Bertz CT molecular complexity index is 869. The second kappa shape index (κ2) is 7.88. The van der Waals surface area contributed by atoms with E-state index in [2.05, 4.69) is 41.0 Å². The van der Waals surface area contributed by atoms with Crippen molar-refractivity contribution in [2.24, 2.45) is 0 Å². The lowest BCUT2D eigenvalue weighted by atomic mass is 10.1. The molecule has 0 amide bonds. The van der Waals surface area contributed by atoms with Gasteiger partial charge in [0.1, 0.15) is 13.9 Å². The maximum Gasteiger partial charge on any atom is 0.418 e. The molecule has 1 aromatic heterocycles. The van der Waals surface area contributed by atoms with E-state index >= 15 is 0 Å². The van der Waals surface area contributed by atoms with Gasteiger partial charge in [-0.15, -0.1) is 5.54 Å². The van der Waals surface area contributed by atoms with Crippen molar-refractivity contribution in [2.45, 2.75) is 25.8 Å². The van der Waals surface area contributed by atoms with Gasteiger partial charge in [-0.3, -0.25) is 0 Å². The monoisotopic (exact) mass is 403 g/mol. The lowest BCUT2D eigenvalue weighted by Crippen LogP contribution is -2.47. The average molecular weight is 404 g/mol. The third kappa shape index (κ3) is 5.07. The topological polar surface area (TPSA) is 19.4 Å². The van der Waals surface area contributed by atoms with Crippen LogP contribution in [0.15, 0.2) is 42.6 Å². The number of anilines is 2. The molecule has 0 radical (unpaired) electrons. The Balaban J connectivity index is 1.67. The van der Waals surface area contributed by atoms with Crippen molar-refractivity contribution in [3.8, 4) is 11.5 Å². The Morgan fingerprint density at radius 2 is 1.57 bits per heavy atom. The number of pyridine rings is 1. The Hall–Kier alpha value is -2.46. The normalized spacial score (nSPS) is 15.2. The Morgan fingerprint density at radius 1 is 0.929 bits per heavy atom. The molecule has 1 fully saturated rings. The van der Waals surface area contributed by atoms with Crippen molar-refractivity contribution < 1.29 is 13.2 Å². The van der Waals surface area contributed by atoms with Crippen LogP contribution in [-0.2, 0) is 6.18 Å². The van der Waals surface area contributed by atoms with Gasteiger partial charge in [0.15, 0.2) is 0 Å². The highest BCUT2D eigenvalue weighted by Crippen LogP contribution is 2.36. The largest absolute Gasteiger partial charge is 0.418 e. The third-order valence-electron chi connectivity index (χ3n) is 4.48. The van der Waals surface area contributed by atoms with Crippen molar-refractivity contribution in [1.82, 2.24) is 4.98 Å². The zero-order chi connectivity index (χ0) is 20.4. The highest BCUT2D eigenvalue weighted by atomic mass is 28.3. The Kier molecular flexibility index (Phi) is 5.71. The smallest absolute Gasteiger partial charge is 0.367 e. The summed E-state index contributed by atoms with van der Waals surface area (Å²) >= 11 is 0. The number of alkyl halides is 3. The summed E-state index contributed by atoms with van der Waals surface area (Å²) in [5.41, 5.74) is 3.88. The molecule has 0 aliphatic carbocycles. The van der Waals surface area contributed by atoms with Gasteiger partial charge >= 0.3 is 6.18 Å². The second-order valence-electron chi connectivity index (χ2n) is 7.89. The molecule has 0 bridgehead atoms. The molecule has 3 nitrogen and oxygen atoms in total. The first-order valence-electron chi connectivity index (χ1n) is 9.29. The molecule has 148 valence electrons. The summed E-state index contributed by atoms with van der Waals surface area (Å²) in [6, 6.07) is 9.67. The van der Waals surface area contributed by atoms with Crippen LogP contribution in [0, 0.1) is 11.5 Å². The number of hydrogen-bond acceptors (Lipinski definition) is 3. The summed E-state index contributed by atoms with van der Waals surface area (Å²) in [4.78, 5) is 8.40. The number of nitrogens with zero attached hydrogens (tertiary/aromatic N) is 3. The first-order chi connectivity index (χ1) is 13.1. The minimum atomic E-state index is -4.35. The van der Waals surface area contributed by atoms with Crippen LogP contribution in [0.3, 0.4) is 0 Å². The van der Waals surface area contributed by atoms with E-state index in [0.717, 1.165) is 17.4 Å². The van der Waals surface area contributed by atoms with Crippen LogP contribution in [0.5, 0.6) is 0 Å². The van der Waals surface area contributed by atoms with Gasteiger partial charge < -0.3 is 9.80 Å².